The van der Waals surface area contributed by atoms with Crippen molar-refractivity contribution in [2.24, 2.45) is 0 Å². The zero-order valence-electron chi connectivity index (χ0n) is 10.6. The average Bonchev–Trinajstić information content (AvgIpc) is 1.97. The van der Waals surface area contributed by atoms with Crippen LogP contribution in [0.1, 0.15) is 41.5 Å². The van der Waals surface area contributed by atoms with Gasteiger partial charge in [-0.15, -0.1) is 0 Å². The molecule has 0 fully saturated rings. The van der Waals surface area contributed by atoms with E-state index in [9.17, 15) is 9.90 Å². The van der Waals surface area contributed by atoms with Crippen molar-refractivity contribution in [1.29, 1.82) is 0 Å². The largest absolute Gasteiger partial charge is 0.389 e. The number of amides is 1. The van der Waals surface area contributed by atoms with Gasteiger partial charge in [0.2, 0.25) is 5.91 Å². The SMILES string of the molecule is CC(C)NC(=O)CNC(C)(C)C(C)(C)O. The molecule has 0 aromatic carbocycles. The third kappa shape index (κ3) is 5.14. The molecule has 0 aliphatic heterocycles. The minimum atomic E-state index is -0.870. The van der Waals surface area contributed by atoms with Crippen LogP contribution in [-0.4, -0.2) is 34.7 Å². The van der Waals surface area contributed by atoms with Gasteiger partial charge in [-0.25, -0.2) is 0 Å². The van der Waals surface area contributed by atoms with E-state index in [-0.39, 0.29) is 18.5 Å². The van der Waals surface area contributed by atoms with Crippen LogP contribution < -0.4 is 10.6 Å². The van der Waals surface area contributed by atoms with E-state index in [2.05, 4.69) is 10.6 Å². The summed E-state index contributed by atoms with van der Waals surface area (Å²) in [4.78, 5) is 11.4. The summed E-state index contributed by atoms with van der Waals surface area (Å²) >= 11 is 0. The molecular formula is C11H24N2O2. The molecule has 0 aliphatic carbocycles. The fraction of sp³-hybridized carbons (Fsp3) is 0.909. The highest BCUT2D eigenvalue weighted by Gasteiger charge is 2.34. The molecule has 0 aromatic heterocycles. The Balaban J connectivity index is 4.10. The summed E-state index contributed by atoms with van der Waals surface area (Å²) in [5, 5.41) is 15.7. The Bertz CT molecular complexity index is 217. The molecule has 4 heteroatoms. The molecule has 0 rings (SSSR count). The number of hydrogen-bond acceptors (Lipinski definition) is 3. The highest BCUT2D eigenvalue weighted by atomic mass is 16.3. The highest BCUT2D eigenvalue weighted by molar-refractivity contribution is 5.78. The molecule has 0 heterocycles. The van der Waals surface area contributed by atoms with Crippen molar-refractivity contribution in [3.8, 4) is 0 Å². The van der Waals surface area contributed by atoms with Gasteiger partial charge in [-0.1, -0.05) is 0 Å². The molecule has 4 nitrogen and oxygen atoms in total. The summed E-state index contributed by atoms with van der Waals surface area (Å²) in [7, 11) is 0. The molecule has 0 spiro atoms. The van der Waals surface area contributed by atoms with Gasteiger partial charge >= 0.3 is 0 Å². The van der Waals surface area contributed by atoms with Gasteiger partial charge in [0, 0.05) is 11.6 Å². The zero-order valence-corrected chi connectivity index (χ0v) is 10.6. The minimum Gasteiger partial charge on any atom is -0.389 e. The minimum absolute atomic E-state index is 0.0534. The second-order valence-corrected chi connectivity index (χ2v) is 5.26. The van der Waals surface area contributed by atoms with E-state index >= 15 is 0 Å². The summed E-state index contributed by atoms with van der Waals surface area (Å²) < 4.78 is 0. The number of rotatable bonds is 5. The lowest BCUT2D eigenvalue weighted by atomic mass is 9.86. The molecule has 0 unspecified atom stereocenters. The molecular weight excluding hydrogens is 192 g/mol. The van der Waals surface area contributed by atoms with E-state index in [1.54, 1.807) is 13.8 Å². The van der Waals surface area contributed by atoms with Crippen molar-refractivity contribution in [2.75, 3.05) is 6.54 Å². The molecule has 3 N–H and O–H groups in total. The Morgan fingerprint density at radius 2 is 1.73 bits per heavy atom. The van der Waals surface area contributed by atoms with Crippen molar-refractivity contribution in [2.45, 2.75) is 58.7 Å². The van der Waals surface area contributed by atoms with Crippen LogP contribution in [0.5, 0.6) is 0 Å². The fourth-order valence-electron chi connectivity index (χ4n) is 0.891. The lowest BCUT2D eigenvalue weighted by Crippen LogP contribution is -2.58. The molecule has 0 bridgehead atoms. The molecule has 0 aliphatic rings. The summed E-state index contributed by atoms with van der Waals surface area (Å²) in [6, 6.07) is 0.143. The van der Waals surface area contributed by atoms with Crippen molar-refractivity contribution < 1.29 is 9.90 Å². The van der Waals surface area contributed by atoms with Crippen LogP contribution in [0.25, 0.3) is 0 Å². The monoisotopic (exact) mass is 216 g/mol. The van der Waals surface area contributed by atoms with E-state index in [0.29, 0.717) is 0 Å². The van der Waals surface area contributed by atoms with Crippen LogP contribution in [0.15, 0.2) is 0 Å². The fourth-order valence-corrected chi connectivity index (χ4v) is 0.891. The molecule has 1 amide bonds. The Hall–Kier alpha value is -0.610. The normalized spacial score (nSPS) is 13.1. The van der Waals surface area contributed by atoms with E-state index in [1.165, 1.54) is 0 Å². The quantitative estimate of drug-likeness (QED) is 0.632. The highest BCUT2D eigenvalue weighted by Crippen LogP contribution is 2.19. The van der Waals surface area contributed by atoms with Crippen LogP contribution in [0.2, 0.25) is 0 Å². The molecule has 0 saturated heterocycles. The van der Waals surface area contributed by atoms with Gasteiger partial charge in [-0.3, -0.25) is 4.79 Å². The van der Waals surface area contributed by atoms with E-state index in [4.69, 9.17) is 0 Å². The third-order valence-electron chi connectivity index (χ3n) is 2.67. The van der Waals surface area contributed by atoms with Gasteiger partial charge in [0.25, 0.3) is 0 Å². The van der Waals surface area contributed by atoms with Crippen molar-refractivity contribution >= 4 is 5.91 Å². The summed E-state index contributed by atoms with van der Waals surface area (Å²) in [5.74, 6) is -0.0534. The van der Waals surface area contributed by atoms with Crippen LogP contribution in [0, 0.1) is 0 Å². The Morgan fingerprint density at radius 3 is 2.07 bits per heavy atom. The Kier molecular flexibility index (Phi) is 4.74. The summed E-state index contributed by atoms with van der Waals surface area (Å²) in [5.41, 5.74) is -1.37. The van der Waals surface area contributed by atoms with Gasteiger partial charge < -0.3 is 15.7 Å². The molecule has 0 atom stereocenters. The van der Waals surface area contributed by atoms with Crippen molar-refractivity contribution in [3.63, 3.8) is 0 Å². The average molecular weight is 216 g/mol. The standard InChI is InChI=1S/C11H24N2O2/c1-8(2)13-9(14)7-12-10(3,4)11(5,6)15/h8,12,15H,7H2,1-6H3,(H,13,14). The number of carbonyl (C=O) groups is 1. The first-order chi connectivity index (χ1) is 6.56. The maximum absolute atomic E-state index is 11.4. The van der Waals surface area contributed by atoms with Crippen LogP contribution in [-0.2, 0) is 4.79 Å². The van der Waals surface area contributed by atoms with E-state index in [1.807, 2.05) is 27.7 Å². The second-order valence-electron chi connectivity index (χ2n) is 5.26. The van der Waals surface area contributed by atoms with Gasteiger partial charge in [0.05, 0.1) is 12.1 Å². The smallest absolute Gasteiger partial charge is 0.234 e. The van der Waals surface area contributed by atoms with E-state index < -0.39 is 11.1 Å². The number of hydrogen-bond donors (Lipinski definition) is 3. The van der Waals surface area contributed by atoms with Crippen LogP contribution in [0.3, 0.4) is 0 Å². The molecule has 90 valence electrons. The predicted molar refractivity (Wildman–Crippen MR) is 61.7 cm³/mol. The first kappa shape index (κ1) is 14.4. The van der Waals surface area contributed by atoms with Gasteiger partial charge in [0.15, 0.2) is 0 Å². The first-order valence-electron chi connectivity index (χ1n) is 5.33. The predicted octanol–water partition coefficient (Wildman–Crippen LogP) is 0.650. The topological polar surface area (TPSA) is 61.4 Å². The lowest BCUT2D eigenvalue weighted by molar-refractivity contribution is -0.121. The molecule has 0 aromatic rings. The number of nitrogens with one attached hydrogen (secondary N) is 2. The number of carbonyl (C=O) groups excluding carboxylic acids is 1. The second kappa shape index (κ2) is 4.94. The molecule has 0 saturated carbocycles. The third-order valence-corrected chi connectivity index (χ3v) is 2.67. The van der Waals surface area contributed by atoms with Gasteiger partial charge in [0.1, 0.15) is 0 Å². The Morgan fingerprint density at radius 1 is 1.27 bits per heavy atom. The summed E-state index contributed by atoms with van der Waals surface area (Å²) in [6.07, 6.45) is 0. The lowest BCUT2D eigenvalue weighted by Gasteiger charge is -2.38. The van der Waals surface area contributed by atoms with Crippen molar-refractivity contribution in [1.82, 2.24) is 10.6 Å². The van der Waals surface area contributed by atoms with Gasteiger partial charge in [-0.05, 0) is 41.5 Å². The zero-order chi connectivity index (χ0) is 12.3. The maximum Gasteiger partial charge on any atom is 0.234 e. The van der Waals surface area contributed by atoms with Crippen molar-refractivity contribution in [3.05, 3.63) is 0 Å². The van der Waals surface area contributed by atoms with Gasteiger partial charge in [-0.2, -0.15) is 0 Å². The maximum atomic E-state index is 11.4. The number of aliphatic hydroxyl groups is 1. The van der Waals surface area contributed by atoms with E-state index in [0.717, 1.165) is 0 Å². The van der Waals surface area contributed by atoms with Crippen LogP contribution >= 0.6 is 0 Å². The summed E-state index contributed by atoms with van der Waals surface area (Å²) in [6.45, 7) is 11.2. The first-order valence-corrected chi connectivity index (χ1v) is 5.33. The Labute approximate surface area is 92.4 Å². The van der Waals surface area contributed by atoms with Crippen LogP contribution in [0.4, 0.5) is 0 Å². The molecule has 0 radical (unpaired) electrons. The molecule has 15 heavy (non-hydrogen) atoms.